The normalized spacial score (nSPS) is 37.0. The summed E-state index contributed by atoms with van der Waals surface area (Å²) in [6.07, 6.45) is -1.01. The standard InChI is InChI=1S/C14H18O4Se/c1-14(2)16-8-10-12(18-14)11(15)13(17-10)19-9-6-4-3-5-7-9/h3-7,10-13,15H,8H2,1-2H3/t10-,11-,12+,13+/m0/s1. The minimum absolute atomic E-state index is 0.0749. The van der Waals surface area contributed by atoms with Crippen LogP contribution in [0.25, 0.3) is 0 Å². The zero-order valence-electron chi connectivity index (χ0n) is 11.0. The molecule has 0 saturated carbocycles. The van der Waals surface area contributed by atoms with Crippen LogP contribution < -0.4 is 4.46 Å². The van der Waals surface area contributed by atoms with Crippen molar-refractivity contribution >= 4 is 19.4 Å². The van der Waals surface area contributed by atoms with Crippen molar-refractivity contribution in [2.24, 2.45) is 0 Å². The van der Waals surface area contributed by atoms with E-state index in [2.05, 4.69) is 12.1 Å². The van der Waals surface area contributed by atoms with Gasteiger partial charge in [0.1, 0.15) is 0 Å². The van der Waals surface area contributed by atoms with Crippen LogP contribution in [-0.2, 0) is 14.2 Å². The maximum atomic E-state index is 10.4. The van der Waals surface area contributed by atoms with E-state index in [4.69, 9.17) is 14.2 Å². The Morgan fingerprint density at radius 3 is 2.74 bits per heavy atom. The molecule has 2 saturated heterocycles. The fraction of sp³-hybridized carbons (Fsp3) is 0.571. The molecule has 2 aliphatic rings. The molecule has 0 aromatic heterocycles. The molecule has 1 aromatic rings. The Hall–Kier alpha value is -0.421. The van der Waals surface area contributed by atoms with E-state index >= 15 is 0 Å². The first kappa shape index (κ1) is 13.6. The van der Waals surface area contributed by atoms with E-state index in [0.29, 0.717) is 6.61 Å². The number of hydrogen-bond acceptors (Lipinski definition) is 4. The van der Waals surface area contributed by atoms with Crippen LogP contribution in [0.1, 0.15) is 13.8 Å². The maximum absolute atomic E-state index is 10.4. The van der Waals surface area contributed by atoms with E-state index in [9.17, 15) is 5.11 Å². The van der Waals surface area contributed by atoms with E-state index in [-0.39, 0.29) is 32.2 Å². The minimum atomic E-state index is -0.639. The fourth-order valence-corrected chi connectivity index (χ4v) is 4.62. The zero-order chi connectivity index (χ0) is 13.5. The molecule has 104 valence electrons. The Labute approximate surface area is 119 Å². The van der Waals surface area contributed by atoms with Crippen molar-refractivity contribution in [1.29, 1.82) is 0 Å². The predicted molar refractivity (Wildman–Crippen MR) is 71.4 cm³/mol. The SMILES string of the molecule is CC1(C)OC[C@@H]2O[C@H]([Se]c3ccccc3)[C@@H](O)[C@@H]2O1. The van der Waals surface area contributed by atoms with Crippen molar-refractivity contribution in [2.45, 2.75) is 42.9 Å². The molecule has 0 amide bonds. The topological polar surface area (TPSA) is 47.9 Å². The number of aliphatic hydroxyl groups excluding tert-OH is 1. The number of aliphatic hydroxyl groups is 1. The summed E-state index contributed by atoms with van der Waals surface area (Å²) < 4.78 is 18.5. The summed E-state index contributed by atoms with van der Waals surface area (Å²) in [7, 11) is 0. The molecule has 0 aliphatic carbocycles. The van der Waals surface area contributed by atoms with Gasteiger partial charge in [-0.05, 0) is 0 Å². The number of rotatable bonds is 2. The van der Waals surface area contributed by atoms with Crippen LogP contribution in [0.15, 0.2) is 30.3 Å². The van der Waals surface area contributed by atoms with Gasteiger partial charge in [0.05, 0.1) is 0 Å². The molecule has 1 aromatic carbocycles. The number of hydrogen-bond donors (Lipinski definition) is 1. The Kier molecular flexibility index (Phi) is 3.69. The van der Waals surface area contributed by atoms with Gasteiger partial charge in [-0.3, -0.25) is 0 Å². The third-order valence-electron chi connectivity index (χ3n) is 3.30. The van der Waals surface area contributed by atoms with Crippen molar-refractivity contribution in [3.63, 3.8) is 0 Å². The van der Waals surface area contributed by atoms with Crippen molar-refractivity contribution in [3.8, 4) is 0 Å². The molecule has 2 aliphatic heterocycles. The molecule has 0 bridgehead atoms. The van der Waals surface area contributed by atoms with Gasteiger partial charge in [0.15, 0.2) is 0 Å². The predicted octanol–water partition coefficient (Wildman–Crippen LogP) is 0.253. The Balaban J connectivity index is 1.69. The van der Waals surface area contributed by atoms with Crippen LogP contribution in [0.3, 0.4) is 0 Å². The van der Waals surface area contributed by atoms with Crippen LogP contribution in [0.4, 0.5) is 0 Å². The Morgan fingerprint density at radius 1 is 1.26 bits per heavy atom. The monoisotopic (exact) mass is 330 g/mol. The first-order valence-corrected chi connectivity index (χ1v) is 8.27. The van der Waals surface area contributed by atoms with E-state index in [0.717, 1.165) is 0 Å². The van der Waals surface area contributed by atoms with Crippen LogP contribution >= 0.6 is 0 Å². The molecule has 3 rings (SSSR count). The van der Waals surface area contributed by atoms with Gasteiger partial charge in [0.25, 0.3) is 0 Å². The van der Waals surface area contributed by atoms with Crippen molar-refractivity contribution in [2.75, 3.05) is 6.61 Å². The summed E-state index contributed by atoms with van der Waals surface area (Å²) in [4.78, 5) is 0. The summed E-state index contributed by atoms with van der Waals surface area (Å²) in [6.45, 7) is 4.22. The molecule has 0 unspecified atom stereocenters. The van der Waals surface area contributed by atoms with Gasteiger partial charge < -0.3 is 0 Å². The molecule has 5 heteroatoms. The Morgan fingerprint density at radius 2 is 2.00 bits per heavy atom. The molecular weight excluding hydrogens is 311 g/mol. The molecule has 2 fully saturated rings. The van der Waals surface area contributed by atoms with Gasteiger partial charge in [0, 0.05) is 0 Å². The summed E-state index contributed by atoms with van der Waals surface area (Å²) in [5.41, 5.74) is 0. The average Bonchev–Trinajstić information content (AvgIpc) is 2.67. The van der Waals surface area contributed by atoms with Gasteiger partial charge >= 0.3 is 119 Å². The van der Waals surface area contributed by atoms with Crippen LogP contribution in [-0.4, -0.2) is 55.8 Å². The molecule has 0 radical (unpaired) electrons. The fourth-order valence-electron chi connectivity index (χ4n) is 2.36. The summed E-state index contributed by atoms with van der Waals surface area (Å²) >= 11 is 0.0749. The molecule has 2 heterocycles. The Bertz CT molecular complexity index is 436. The molecular formula is C14H18O4Se. The van der Waals surface area contributed by atoms with Gasteiger partial charge in [-0.2, -0.15) is 0 Å². The molecule has 4 atom stereocenters. The first-order valence-electron chi connectivity index (χ1n) is 6.42. The van der Waals surface area contributed by atoms with Gasteiger partial charge in [-0.25, -0.2) is 0 Å². The molecule has 4 nitrogen and oxygen atoms in total. The molecule has 1 N–H and O–H groups in total. The summed E-state index contributed by atoms with van der Waals surface area (Å²) in [5, 5.41) is 10.2. The van der Waals surface area contributed by atoms with E-state index in [1.807, 2.05) is 32.0 Å². The molecule has 0 spiro atoms. The number of fused-ring (bicyclic) bond motifs is 1. The average molecular weight is 329 g/mol. The van der Waals surface area contributed by atoms with Gasteiger partial charge in [-0.1, -0.05) is 0 Å². The second-order valence-corrected chi connectivity index (χ2v) is 7.72. The second-order valence-electron chi connectivity index (χ2n) is 5.26. The van der Waals surface area contributed by atoms with Crippen molar-refractivity contribution in [3.05, 3.63) is 30.3 Å². The van der Waals surface area contributed by atoms with Crippen molar-refractivity contribution in [1.82, 2.24) is 0 Å². The zero-order valence-corrected chi connectivity index (χ0v) is 12.7. The van der Waals surface area contributed by atoms with Crippen molar-refractivity contribution < 1.29 is 19.3 Å². The number of ether oxygens (including phenoxy) is 3. The van der Waals surface area contributed by atoms with Gasteiger partial charge in [-0.15, -0.1) is 0 Å². The third kappa shape index (κ3) is 2.87. The van der Waals surface area contributed by atoms with E-state index in [1.165, 1.54) is 4.46 Å². The van der Waals surface area contributed by atoms with E-state index < -0.39 is 11.9 Å². The summed E-state index contributed by atoms with van der Waals surface area (Å²) in [5.74, 6) is -0.639. The quantitative estimate of drug-likeness (QED) is 0.791. The summed E-state index contributed by atoms with van der Waals surface area (Å²) in [6, 6.07) is 10.1. The van der Waals surface area contributed by atoms with E-state index in [1.54, 1.807) is 0 Å². The van der Waals surface area contributed by atoms with Gasteiger partial charge in [0.2, 0.25) is 0 Å². The third-order valence-corrected chi connectivity index (χ3v) is 5.75. The van der Waals surface area contributed by atoms with Crippen LogP contribution in [0, 0.1) is 0 Å². The van der Waals surface area contributed by atoms with Crippen LogP contribution in [0.2, 0.25) is 0 Å². The molecule has 19 heavy (non-hydrogen) atoms. The van der Waals surface area contributed by atoms with Crippen LogP contribution in [0.5, 0.6) is 0 Å². The second kappa shape index (κ2) is 5.17. The first-order chi connectivity index (χ1) is 9.05. The number of benzene rings is 1.